The fourth-order valence-electron chi connectivity index (χ4n) is 6.55. The van der Waals surface area contributed by atoms with Crippen molar-refractivity contribution in [1.82, 2.24) is 30.1 Å². The van der Waals surface area contributed by atoms with Gasteiger partial charge >= 0.3 is 0 Å². The maximum absolute atomic E-state index is 13.7. The Balaban J connectivity index is 0.000000178. The molecule has 17 heteroatoms. The van der Waals surface area contributed by atoms with E-state index in [-0.39, 0.29) is 16.9 Å². The number of nitrogens with one attached hydrogen (secondary N) is 3. The minimum Gasteiger partial charge on any atom is -0.463 e. The Morgan fingerprint density at radius 3 is 2.02 bits per heavy atom. The van der Waals surface area contributed by atoms with E-state index in [0.717, 1.165) is 48.8 Å². The van der Waals surface area contributed by atoms with Crippen LogP contribution >= 0.6 is 11.6 Å². The predicted molar refractivity (Wildman–Crippen MR) is 199 cm³/mol. The fraction of sp³-hybridized carbons (Fsp3) is 0.250. The second-order valence-corrected chi connectivity index (χ2v) is 15.9. The highest BCUT2D eigenvalue weighted by atomic mass is 35.5. The number of aromatic amines is 1. The molecule has 53 heavy (non-hydrogen) atoms. The topological polar surface area (TPSA) is 155 Å². The number of fused-ring (bicyclic) bond motifs is 2. The van der Waals surface area contributed by atoms with Crippen molar-refractivity contribution in [2.75, 3.05) is 40.1 Å². The van der Waals surface area contributed by atoms with Crippen molar-refractivity contribution < 1.29 is 21.6 Å². The number of piperidine rings is 1. The van der Waals surface area contributed by atoms with Crippen molar-refractivity contribution in [1.29, 1.82) is 0 Å². The van der Waals surface area contributed by atoms with Gasteiger partial charge in [0.1, 0.15) is 27.1 Å². The number of rotatable bonds is 7. The summed E-state index contributed by atoms with van der Waals surface area (Å²) >= 11 is 5.84. The second kappa shape index (κ2) is 15.1. The van der Waals surface area contributed by atoms with E-state index in [1.165, 1.54) is 24.3 Å². The van der Waals surface area contributed by atoms with E-state index in [1.807, 2.05) is 12.1 Å². The summed E-state index contributed by atoms with van der Waals surface area (Å²) in [5.41, 5.74) is 4.51. The first-order valence-electron chi connectivity index (χ1n) is 16.9. The van der Waals surface area contributed by atoms with Gasteiger partial charge in [0.2, 0.25) is 11.2 Å². The van der Waals surface area contributed by atoms with Crippen LogP contribution in [0.25, 0.3) is 11.5 Å². The summed E-state index contributed by atoms with van der Waals surface area (Å²) in [6, 6.07) is 18.0. The lowest BCUT2D eigenvalue weighted by atomic mass is 9.93. The van der Waals surface area contributed by atoms with Crippen LogP contribution in [0.1, 0.15) is 35.8 Å². The van der Waals surface area contributed by atoms with Crippen molar-refractivity contribution in [2.45, 2.75) is 41.4 Å². The zero-order valence-electron chi connectivity index (χ0n) is 28.0. The van der Waals surface area contributed by atoms with Crippen molar-refractivity contribution in [3.05, 3.63) is 107 Å². The summed E-state index contributed by atoms with van der Waals surface area (Å²) < 4.78 is 56.8. The molecule has 12 nitrogen and oxygen atoms in total. The zero-order chi connectivity index (χ0) is 36.5. The van der Waals surface area contributed by atoms with Crippen LogP contribution in [0.3, 0.4) is 0 Å². The highest BCUT2D eigenvalue weighted by molar-refractivity contribution is 7.85. The minimum absolute atomic E-state index is 0.0940. The third kappa shape index (κ3) is 7.70. The van der Waals surface area contributed by atoms with Crippen LogP contribution in [0, 0.1) is 11.6 Å². The number of H-pyrrole nitrogens is 1. The van der Waals surface area contributed by atoms with Gasteiger partial charge in [-0.05, 0) is 79.0 Å². The summed E-state index contributed by atoms with van der Waals surface area (Å²) in [4.78, 5) is 21.0. The van der Waals surface area contributed by atoms with E-state index in [1.54, 1.807) is 30.5 Å². The van der Waals surface area contributed by atoms with E-state index < -0.39 is 21.6 Å². The van der Waals surface area contributed by atoms with Crippen LogP contribution in [0.2, 0.25) is 5.28 Å². The summed E-state index contributed by atoms with van der Waals surface area (Å²) in [6.45, 7) is 1.59. The number of anilines is 5. The number of furan rings is 1. The Labute approximate surface area is 312 Å². The normalized spacial score (nSPS) is 17.9. The summed E-state index contributed by atoms with van der Waals surface area (Å²) in [5, 5.41) is 13.8. The van der Waals surface area contributed by atoms with Crippen molar-refractivity contribution in [2.24, 2.45) is 0 Å². The van der Waals surface area contributed by atoms with Gasteiger partial charge in [0.15, 0.2) is 17.4 Å². The molecule has 1 fully saturated rings. The first-order valence-corrected chi connectivity index (χ1v) is 19.9. The van der Waals surface area contributed by atoms with Crippen LogP contribution in [-0.4, -0.2) is 63.1 Å². The summed E-state index contributed by atoms with van der Waals surface area (Å²) in [7, 11) is -2.30. The molecule has 0 aliphatic carbocycles. The van der Waals surface area contributed by atoms with E-state index in [4.69, 9.17) is 26.0 Å². The zero-order valence-corrected chi connectivity index (χ0v) is 30.4. The SMILES string of the molecule is O=S1CCc2nc(Cl)nc(Nc3cccc(F)c3)c21.O=S1CCc2nc(N3CCC(c4cc(-c5ccco5)n[nH]4)CC3)nc(Nc3cccc(F)c3)c21. The Bertz CT molecular complexity index is 2340. The second-order valence-electron chi connectivity index (χ2n) is 12.6. The van der Waals surface area contributed by atoms with E-state index in [0.29, 0.717) is 74.7 Å². The maximum atomic E-state index is 13.7. The molecule has 3 aliphatic heterocycles. The Hall–Kier alpha value is -5.06. The molecule has 2 unspecified atom stereocenters. The van der Waals surface area contributed by atoms with Gasteiger partial charge in [-0.2, -0.15) is 15.1 Å². The maximum Gasteiger partial charge on any atom is 0.227 e. The predicted octanol–water partition coefficient (Wildman–Crippen LogP) is 7.07. The van der Waals surface area contributed by atoms with E-state index in [2.05, 4.69) is 41.8 Å². The average molecular weight is 776 g/mol. The Morgan fingerprint density at radius 2 is 1.42 bits per heavy atom. The smallest absolute Gasteiger partial charge is 0.227 e. The molecule has 3 N–H and O–H groups in total. The van der Waals surface area contributed by atoms with Crippen LogP contribution < -0.4 is 15.5 Å². The van der Waals surface area contributed by atoms with E-state index >= 15 is 0 Å². The van der Waals surface area contributed by atoms with Gasteiger partial charge in [-0.25, -0.2) is 18.7 Å². The first-order chi connectivity index (χ1) is 25.8. The third-order valence-electron chi connectivity index (χ3n) is 9.10. The summed E-state index contributed by atoms with van der Waals surface area (Å²) in [5.74, 6) is 2.97. The standard InChI is InChI=1S/C24H23FN6O2S.C12H9ClFN3OS/c25-16-3-1-4-17(13-16)26-23-22-18(8-12-34(22)32)27-24(28-23)31-9-6-15(7-10-31)19-14-20(30-29-19)21-5-2-11-33-21;13-12-16-9-4-5-19(18)10(9)11(17-12)15-8-3-1-2-7(14)6-8/h1-5,11,13-15H,6-10,12H2,(H,29,30)(H,26,27,28);1-3,6H,4-5H2,(H,15,16,17). The molecule has 0 amide bonds. The van der Waals surface area contributed by atoms with Gasteiger partial charge in [0.05, 0.1) is 39.3 Å². The molecule has 9 rings (SSSR count). The number of nitrogens with zero attached hydrogens (tertiary/aromatic N) is 6. The fourth-order valence-corrected chi connectivity index (χ4v) is 9.35. The molecule has 0 radical (unpaired) electrons. The molecule has 0 bridgehead atoms. The number of hydrogen-bond acceptors (Lipinski definition) is 11. The molecule has 7 heterocycles. The highest BCUT2D eigenvalue weighted by Crippen LogP contribution is 2.35. The van der Waals surface area contributed by atoms with Gasteiger partial charge < -0.3 is 20.0 Å². The van der Waals surface area contributed by atoms with Crippen LogP contribution in [0.15, 0.2) is 87.2 Å². The number of hydrogen-bond donors (Lipinski definition) is 3. The highest BCUT2D eigenvalue weighted by Gasteiger charge is 2.30. The lowest BCUT2D eigenvalue weighted by Gasteiger charge is -2.32. The van der Waals surface area contributed by atoms with E-state index in [9.17, 15) is 17.2 Å². The molecule has 6 aromatic rings. The number of aryl methyl sites for hydroxylation is 2. The number of benzene rings is 2. The molecule has 0 saturated carbocycles. The van der Waals surface area contributed by atoms with Crippen LogP contribution in [0.5, 0.6) is 0 Å². The summed E-state index contributed by atoms with van der Waals surface area (Å²) in [6.07, 6.45) is 4.76. The van der Waals surface area contributed by atoms with Crippen molar-refractivity contribution >= 4 is 62.2 Å². The molecule has 272 valence electrons. The van der Waals surface area contributed by atoms with Gasteiger partial charge in [0.25, 0.3) is 0 Å². The van der Waals surface area contributed by atoms with Crippen molar-refractivity contribution in [3.63, 3.8) is 0 Å². The molecule has 4 aromatic heterocycles. The van der Waals surface area contributed by atoms with Crippen molar-refractivity contribution in [3.8, 4) is 11.5 Å². The molecule has 2 aromatic carbocycles. The van der Waals surface area contributed by atoms with Gasteiger partial charge in [-0.15, -0.1) is 0 Å². The first kappa shape index (κ1) is 35.0. The molecule has 2 atom stereocenters. The largest absolute Gasteiger partial charge is 0.463 e. The average Bonchev–Trinajstić information content (AvgIpc) is 3.97. The molecule has 1 saturated heterocycles. The van der Waals surface area contributed by atoms with Crippen LogP contribution in [0.4, 0.5) is 37.7 Å². The number of halogens is 3. The van der Waals surface area contributed by atoms with Gasteiger partial charge in [0, 0.05) is 60.4 Å². The van der Waals surface area contributed by atoms with Gasteiger partial charge in [-0.1, -0.05) is 12.1 Å². The molecular weight excluding hydrogens is 744 g/mol. The Kier molecular flexibility index (Phi) is 9.98. The molecule has 3 aliphatic rings. The molecular formula is C36H32ClF2N9O3S2. The Morgan fingerprint density at radius 1 is 0.792 bits per heavy atom. The quantitative estimate of drug-likeness (QED) is 0.143. The van der Waals surface area contributed by atoms with Gasteiger partial charge in [-0.3, -0.25) is 13.5 Å². The number of aromatic nitrogens is 6. The minimum atomic E-state index is -1.16. The lowest BCUT2D eigenvalue weighted by Crippen LogP contribution is -2.34. The monoisotopic (exact) mass is 775 g/mol. The van der Waals surface area contributed by atoms with Crippen LogP contribution in [-0.2, 0) is 34.4 Å². The molecule has 0 spiro atoms. The lowest BCUT2D eigenvalue weighted by molar-refractivity contribution is 0.489. The third-order valence-corrected chi connectivity index (χ3v) is 12.2.